The van der Waals surface area contributed by atoms with Gasteiger partial charge in [0.2, 0.25) is 0 Å². The lowest BCUT2D eigenvalue weighted by Gasteiger charge is -2.28. The molecule has 0 rings (SSSR count). The van der Waals surface area contributed by atoms with Crippen molar-refractivity contribution in [2.45, 2.75) is 277 Å². The molecule has 0 aliphatic heterocycles. The van der Waals surface area contributed by atoms with Crippen LogP contribution in [-0.2, 0) is 27.9 Å². The first kappa shape index (κ1) is 65.7. The number of carbonyl (C=O) groups is 1. The highest BCUT2D eigenvalue weighted by atomic mass is 31.2. The van der Waals surface area contributed by atoms with E-state index in [1.165, 1.54) is 212 Å². The first-order valence-electron chi connectivity index (χ1n) is 28.7. The van der Waals surface area contributed by atoms with Crippen LogP contribution in [0.5, 0.6) is 0 Å². The van der Waals surface area contributed by atoms with Gasteiger partial charge in [-0.3, -0.25) is 9.36 Å². The van der Waals surface area contributed by atoms with E-state index in [1.54, 1.807) is 0 Å². The molecule has 0 radical (unpaired) electrons. The van der Waals surface area contributed by atoms with Crippen molar-refractivity contribution in [1.29, 1.82) is 0 Å². The maximum Gasteiger partial charge on any atom is 0.306 e. The zero-order chi connectivity index (χ0) is 49.0. The molecule has 67 heavy (non-hydrogen) atoms. The minimum Gasteiger partial charge on any atom is -0.756 e. The molecule has 0 saturated heterocycles. The first-order valence-corrected chi connectivity index (χ1v) is 30.2. The van der Waals surface area contributed by atoms with E-state index in [1.807, 2.05) is 21.1 Å². The molecule has 0 bridgehead atoms. The van der Waals surface area contributed by atoms with Gasteiger partial charge in [0.1, 0.15) is 19.3 Å². The summed E-state index contributed by atoms with van der Waals surface area (Å²) in [5.41, 5.74) is 0. The summed E-state index contributed by atoms with van der Waals surface area (Å²) >= 11 is 0. The van der Waals surface area contributed by atoms with Crippen LogP contribution in [0.2, 0.25) is 0 Å². The molecule has 0 spiro atoms. The first-order chi connectivity index (χ1) is 32.6. The molecule has 0 fully saturated rings. The summed E-state index contributed by atoms with van der Waals surface area (Å²) in [6, 6.07) is 0. The van der Waals surface area contributed by atoms with Gasteiger partial charge in [0.15, 0.2) is 0 Å². The highest BCUT2D eigenvalue weighted by Gasteiger charge is 2.20. The summed E-state index contributed by atoms with van der Waals surface area (Å²) < 4.78 is 34.9. The molecule has 0 heterocycles. The van der Waals surface area contributed by atoms with Gasteiger partial charge in [-0.15, -0.1) is 0 Å². The van der Waals surface area contributed by atoms with Gasteiger partial charge in [-0.1, -0.05) is 230 Å². The van der Waals surface area contributed by atoms with Gasteiger partial charge in [0.05, 0.1) is 34.4 Å². The Labute approximate surface area is 416 Å². The second-order valence-electron chi connectivity index (χ2n) is 20.6. The summed E-state index contributed by atoms with van der Waals surface area (Å²) in [7, 11) is 1.37. The molecule has 0 aromatic carbocycles. The van der Waals surface area contributed by atoms with Crippen molar-refractivity contribution in [2.24, 2.45) is 0 Å². The minimum atomic E-state index is -4.53. The lowest BCUT2D eigenvalue weighted by molar-refractivity contribution is -0.870. The predicted molar refractivity (Wildman–Crippen MR) is 287 cm³/mol. The number of carbonyl (C=O) groups excluding carboxylic acids is 1. The molecular formula is C58H112NO7P. The minimum absolute atomic E-state index is 0.0268. The molecule has 2 unspecified atom stereocenters. The molecule has 0 aromatic heterocycles. The SMILES string of the molecule is CCCCCCC/C=C\C/C=C\CCCCCCCCCCCCCCCC(=O)OC(COCCCCCCCCCCCC/C=C\CCCCCCCC)COP(=O)([O-])OCC[N+](C)(C)C. The third-order valence-electron chi connectivity index (χ3n) is 12.7. The molecular weight excluding hydrogens is 854 g/mol. The van der Waals surface area contributed by atoms with Crippen LogP contribution in [0, 0.1) is 0 Å². The van der Waals surface area contributed by atoms with Gasteiger partial charge >= 0.3 is 5.97 Å². The maximum absolute atomic E-state index is 12.8. The molecule has 9 heteroatoms. The van der Waals surface area contributed by atoms with Crippen molar-refractivity contribution in [2.75, 3.05) is 54.1 Å². The molecule has 0 N–H and O–H groups in total. The van der Waals surface area contributed by atoms with E-state index in [2.05, 4.69) is 50.3 Å². The predicted octanol–water partition coefficient (Wildman–Crippen LogP) is 17.4. The molecule has 396 valence electrons. The summed E-state index contributed by atoms with van der Waals surface area (Å²) in [6.45, 7) is 5.44. The fourth-order valence-electron chi connectivity index (χ4n) is 8.22. The Morgan fingerprint density at radius 2 is 0.821 bits per heavy atom. The Kier molecular flexibility index (Phi) is 50.1. The molecule has 0 aromatic rings. The van der Waals surface area contributed by atoms with E-state index >= 15 is 0 Å². The van der Waals surface area contributed by atoms with Gasteiger partial charge in [-0.05, 0) is 70.6 Å². The third-order valence-corrected chi connectivity index (χ3v) is 13.6. The average molecular weight is 967 g/mol. The fourth-order valence-corrected chi connectivity index (χ4v) is 8.95. The van der Waals surface area contributed by atoms with Crippen LogP contribution >= 0.6 is 7.82 Å². The van der Waals surface area contributed by atoms with Crippen molar-refractivity contribution >= 4 is 13.8 Å². The van der Waals surface area contributed by atoms with E-state index in [0.717, 1.165) is 38.5 Å². The van der Waals surface area contributed by atoms with Gasteiger partial charge in [0, 0.05) is 13.0 Å². The van der Waals surface area contributed by atoms with Crippen LogP contribution in [0.4, 0.5) is 0 Å². The lowest BCUT2D eigenvalue weighted by Crippen LogP contribution is -2.37. The van der Waals surface area contributed by atoms with E-state index < -0.39 is 13.9 Å². The lowest BCUT2D eigenvalue weighted by atomic mass is 10.0. The van der Waals surface area contributed by atoms with Crippen molar-refractivity contribution in [1.82, 2.24) is 0 Å². The number of rotatable bonds is 54. The van der Waals surface area contributed by atoms with E-state index in [0.29, 0.717) is 24.1 Å². The summed E-state index contributed by atoms with van der Waals surface area (Å²) in [5.74, 6) is -0.331. The highest BCUT2D eigenvalue weighted by Crippen LogP contribution is 2.38. The number of esters is 1. The number of allylic oxidation sites excluding steroid dienone is 6. The number of nitrogens with zero attached hydrogens (tertiary/aromatic N) is 1. The number of unbranched alkanes of at least 4 members (excludes halogenated alkanes) is 34. The smallest absolute Gasteiger partial charge is 0.306 e. The Bertz CT molecular complexity index is 1170. The number of likely N-dealkylation sites (N-methyl/N-ethyl adjacent to an activating group) is 1. The Morgan fingerprint density at radius 1 is 0.463 bits per heavy atom. The number of quaternary nitrogens is 1. The zero-order valence-corrected chi connectivity index (χ0v) is 46.0. The number of hydrogen-bond acceptors (Lipinski definition) is 7. The summed E-state index contributed by atoms with van der Waals surface area (Å²) in [6.07, 6.45) is 63.2. The van der Waals surface area contributed by atoms with Crippen LogP contribution in [0.1, 0.15) is 271 Å². The summed E-state index contributed by atoms with van der Waals surface area (Å²) in [5, 5.41) is 0. The molecule has 0 aliphatic rings. The second-order valence-corrected chi connectivity index (χ2v) is 22.1. The quantitative estimate of drug-likeness (QED) is 0.0197. The normalized spacial score (nSPS) is 13.7. The van der Waals surface area contributed by atoms with Crippen LogP contribution in [-0.4, -0.2) is 70.7 Å². The highest BCUT2D eigenvalue weighted by molar-refractivity contribution is 7.45. The fraction of sp³-hybridized carbons (Fsp3) is 0.879. The second kappa shape index (κ2) is 51.1. The van der Waals surface area contributed by atoms with Crippen molar-refractivity contribution in [3.63, 3.8) is 0 Å². The van der Waals surface area contributed by atoms with Crippen molar-refractivity contribution in [3.05, 3.63) is 36.5 Å². The molecule has 0 amide bonds. The van der Waals surface area contributed by atoms with Crippen molar-refractivity contribution < 1.29 is 37.3 Å². The van der Waals surface area contributed by atoms with Gasteiger partial charge < -0.3 is 27.9 Å². The van der Waals surface area contributed by atoms with Crippen LogP contribution in [0.25, 0.3) is 0 Å². The van der Waals surface area contributed by atoms with Gasteiger partial charge in [0.25, 0.3) is 7.82 Å². The zero-order valence-electron chi connectivity index (χ0n) is 45.1. The number of phosphoric ester groups is 1. The van der Waals surface area contributed by atoms with Crippen LogP contribution in [0.15, 0.2) is 36.5 Å². The molecule has 0 saturated carbocycles. The Balaban J connectivity index is 4.06. The number of ether oxygens (including phenoxy) is 2. The van der Waals surface area contributed by atoms with Crippen LogP contribution in [0.3, 0.4) is 0 Å². The monoisotopic (exact) mass is 966 g/mol. The number of hydrogen-bond donors (Lipinski definition) is 0. The molecule has 2 atom stereocenters. The van der Waals surface area contributed by atoms with Crippen molar-refractivity contribution in [3.8, 4) is 0 Å². The average Bonchev–Trinajstić information content (AvgIpc) is 3.29. The summed E-state index contributed by atoms with van der Waals surface area (Å²) in [4.78, 5) is 25.3. The van der Waals surface area contributed by atoms with Gasteiger partial charge in [-0.25, -0.2) is 0 Å². The Morgan fingerprint density at radius 3 is 1.22 bits per heavy atom. The Hall–Kier alpha value is -1.28. The molecule has 0 aliphatic carbocycles. The maximum atomic E-state index is 12.8. The van der Waals surface area contributed by atoms with Crippen LogP contribution < -0.4 is 4.89 Å². The third kappa shape index (κ3) is 55.5. The van der Waals surface area contributed by atoms with E-state index in [-0.39, 0.29) is 25.8 Å². The number of phosphoric acid groups is 1. The largest absolute Gasteiger partial charge is 0.756 e. The van der Waals surface area contributed by atoms with E-state index in [4.69, 9.17) is 18.5 Å². The van der Waals surface area contributed by atoms with E-state index in [9.17, 15) is 14.3 Å². The van der Waals surface area contributed by atoms with Gasteiger partial charge in [-0.2, -0.15) is 0 Å². The standard InChI is InChI=1S/C58H112NO7P/c1-6-8-10-12-14-16-18-20-22-24-26-28-29-30-31-32-33-35-37-39-41-43-45-47-49-51-58(60)66-57(56-65-67(61,62)64-54-52-59(3,4)5)55-63-53-50-48-46-44-42-40-38-36-34-27-25-23-21-19-17-15-13-11-9-7-2/h18,20-21,23-24,26,57H,6-17,19,22,25,27-56H2,1-5H3/b20-18-,23-21-,26-24-. The molecule has 8 nitrogen and oxygen atoms in total. The topological polar surface area (TPSA) is 94.1 Å².